The third-order valence-electron chi connectivity index (χ3n) is 3.15. The van der Waals surface area contributed by atoms with Gasteiger partial charge in [-0.25, -0.2) is 4.79 Å². The molecule has 0 amide bonds. The Morgan fingerprint density at radius 1 is 1.10 bits per heavy atom. The summed E-state index contributed by atoms with van der Waals surface area (Å²) in [6, 6.07) is 10.8. The quantitative estimate of drug-likeness (QED) is 0.889. The smallest absolute Gasteiger partial charge is 0.335 e. The second kappa shape index (κ2) is 5.65. The molecule has 4 nitrogen and oxygen atoms in total. The van der Waals surface area contributed by atoms with Crippen LogP contribution in [-0.2, 0) is 0 Å². The summed E-state index contributed by atoms with van der Waals surface area (Å²) in [5.41, 5.74) is 4.05. The highest BCUT2D eigenvalue weighted by Gasteiger charge is 2.06. The van der Waals surface area contributed by atoms with Crippen molar-refractivity contribution < 1.29 is 14.6 Å². The second-order valence-electron chi connectivity index (χ2n) is 4.64. The standard InChI is InChI=1S/C16H17NO3/c1-10-8-12(16(18)19)4-6-14(10)17-13-5-7-15(20-3)11(2)9-13/h4-9,17H,1-3H3,(H,18,19). The lowest BCUT2D eigenvalue weighted by molar-refractivity contribution is 0.0697. The molecular formula is C16H17NO3. The molecule has 0 heterocycles. The minimum absolute atomic E-state index is 0.291. The van der Waals surface area contributed by atoms with Gasteiger partial charge < -0.3 is 15.2 Å². The van der Waals surface area contributed by atoms with Crippen molar-refractivity contribution in [3.8, 4) is 5.75 Å². The minimum atomic E-state index is -0.917. The van der Waals surface area contributed by atoms with Crippen LogP contribution in [0.25, 0.3) is 0 Å². The Morgan fingerprint density at radius 3 is 2.40 bits per heavy atom. The zero-order chi connectivity index (χ0) is 14.7. The summed E-state index contributed by atoms with van der Waals surface area (Å²) >= 11 is 0. The monoisotopic (exact) mass is 271 g/mol. The van der Waals surface area contributed by atoms with Crippen LogP contribution in [0.1, 0.15) is 21.5 Å². The molecule has 2 aromatic rings. The summed E-state index contributed by atoms with van der Waals surface area (Å²) in [6.07, 6.45) is 0. The van der Waals surface area contributed by atoms with Crippen LogP contribution < -0.4 is 10.1 Å². The van der Waals surface area contributed by atoms with E-state index in [1.54, 1.807) is 25.3 Å². The molecule has 0 aliphatic heterocycles. The first-order chi connectivity index (χ1) is 9.51. The van der Waals surface area contributed by atoms with Crippen molar-refractivity contribution in [3.63, 3.8) is 0 Å². The number of hydrogen-bond donors (Lipinski definition) is 2. The molecule has 2 aromatic carbocycles. The highest BCUT2D eigenvalue weighted by Crippen LogP contribution is 2.26. The Bertz CT molecular complexity index is 650. The Labute approximate surface area is 118 Å². The number of hydrogen-bond acceptors (Lipinski definition) is 3. The van der Waals surface area contributed by atoms with Gasteiger partial charge in [-0.1, -0.05) is 0 Å². The molecule has 0 bridgehead atoms. The zero-order valence-electron chi connectivity index (χ0n) is 11.7. The molecule has 4 heteroatoms. The first-order valence-electron chi connectivity index (χ1n) is 6.27. The average molecular weight is 271 g/mol. The fraction of sp³-hybridized carbons (Fsp3) is 0.188. The molecule has 0 radical (unpaired) electrons. The van der Waals surface area contributed by atoms with Gasteiger partial charge in [-0.05, 0) is 61.4 Å². The van der Waals surface area contributed by atoms with Gasteiger partial charge >= 0.3 is 5.97 Å². The van der Waals surface area contributed by atoms with E-state index in [1.165, 1.54) is 0 Å². The molecule has 0 saturated carbocycles. The number of rotatable bonds is 4. The fourth-order valence-corrected chi connectivity index (χ4v) is 2.05. The van der Waals surface area contributed by atoms with Gasteiger partial charge in [0.25, 0.3) is 0 Å². The number of carboxylic acids is 1. The predicted molar refractivity (Wildman–Crippen MR) is 79.2 cm³/mol. The van der Waals surface area contributed by atoms with E-state index in [-0.39, 0.29) is 0 Å². The van der Waals surface area contributed by atoms with Crippen molar-refractivity contribution in [1.29, 1.82) is 0 Å². The third-order valence-corrected chi connectivity index (χ3v) is 3.15. The maximum atomic E-state index is 10.9. The molecule has 0 spiro atoms. The van der Waals surface area contributed by atoms with E-state index in [4.69, 9.17) is 9.84 Å². The van der Waals surface area contributed by atoms with E-state index in [2.05, 4.69) is 5.32 Å². The largest absolute Gasteiger partial charge is 0.496 e. The van der Waals surface area contributed by atoms with Crippen LogP contribution in [0.15, 0.2) is 36.4 Å². The molecule has 0 aliphatic rings. The zero-order valence-corrected chi connectivity index (χ0v) is 11.7. The van der Waals surface area contributed by atoms with Crippen molar-refractivity contribution >= 4 is 17.3 Å². The number of anilines is 2. The Hall–Kier alpha value is -2.49. The fourth-order valence-electron chi connectivity index (χ4n) is 2.05. The number of benzene rings is 2. The maximum Gasteiger partial charge on any atom is 0.335 e. The molecule has 0 saturated heterocycles. The Kier molecular flexibility index (Phi) is 3.94. The van der Waals surface area contributed by atoms with Crippen molar-refractivity contribution in [2.24, 2.45) is 0 Å². The topological polar surface area (TPSA) is 58.6 Å². The van der Waals surface area contributed by atoms with Crippen molar-refractivity contribution in [2.75, 3.05) is 12.4 Å². The summed E-state index contributed by atoms with van der Waals surface area (Å²) in [5.74, 6) is -0.0755. The van der Waals surface area contributed by atoms with E-state index in [0.29, 0.717) is 5.56 Å². The van der Waals surface area contributed by atoms with Gasteiger partial charge in [-0.15, -0.1) is 0 Å². The summed E-state index contributed by atoms with van der Waals surface area (Å²) in [7, 11) is 1.64. The van der Waals surface area contributed by atoms with Gasteiger partial charge in [0, 0.05) is 11.4 Å². The molecule has 0 unspecified atom stereocenters. The van der Waals surface area contributed by atoms with Gasteiger partial charge in [-0.3, -0.25) is 0 Å². The van der Waals surface area contributed by atoms with E-state index in [0.717, 1.165) is 28.3 Å². The first-order valence-corrected chi connectivity index (χ1v) is 6.27. The number of ether oxygens (including phenoxy) is 1. The molecule has 0 atom stereocenters. The van der Waals surface area contributed by atoms with Gasteiger partial charge in [0.05, 0.1) is 12.7 Å². The molecule has 104 valence electrons. The van der Waals surface area contributed by atoms with Crippen LogP contribution in [0, 0.1) is 13.8 Å². The Balaban J connectivity index is 2.26. The van der Waals surface area contributed by atoms with E-state index in [9.17, 15) is 4.79 Å². The normalized spacial score (nSPS) is 10.2. The summed E-state index contributed by atoms with van der Waals surface area (Å²) in [6.45, 7) is 3.86. The van der Waals surface area contributed by atoms with Gasteiger partial charge in [0.1, 0.15) is 5.75 Å². The van der Waals surface area contributed by atoms with E-state index >= 15 is 0 Å². The number of nitrogens with one attached hydrogen (secondary N) is 1. The van der Waals surface area contributed by atoms with Crippen LogP contribution >= 0.6 is 0 Å². The van der Waals surface area contributed by atoms with Crippen LogP contribution in [0.2, 0.25) is 0 Å². The molecular weight excluding hydrogens is 254 g/mol. The lowest BCUT2D eigenvalue weighted by Gasteiger charge is -2.12. The summed E-state index contributed by atoms with van der Waals surface area (Å²) in [5, 5.41) is 12.2. The van der Waals surface area contributed by atoms with Gasteiger partial charge in [0.2, 0.25) is 0 Å². The molecule has 2 rings (SSSR count). The van der Waals surface area contributed by atoms with E-state index in [1.807, 2.05) is 32.0 Å². The Morgan fingerprint density at radius 2 is 1.85 bits per heavy atom. The van der Waals surface area contributed by atoms with Crippen LogP contribution in [0.5, 0.6) is 5.75 Å². The third kappa shape index (κ3) is 2.91. The van der Waals surface area contributed by atoms with Crippen LogP contribution in [0.4, 0.5) is 11.4 Å². The maximum absolute atomic E-state index is 10.9. The van der Waals surface area contributed by atoms with Gasteiger partial charge in [0.15, 0.2) is 0 Å². The average Bonchev–Trinajstić information content (AvgIpc) is 2.41. The highest BCUT2D eigenvalue weighted by molar-refractivity contribution is 5.88. The molecule has 0 fully saturated rings. The number of aromatic carboxylic acids is 1. The molecule has 2 N–H and O–H groups in total. The summed E-state index contributed by atoms with van der Waals surface area (Å²) in [4.78, 5) is 10.9. The minimum Gasteiger partial charge on any atom is -0.496 e. The SMILES string of the molecule is COc1ccc(Nc2ccc(C(=O)O)cc2C)cc1C. The van der Waals surface area contributed by atoms with Crippen molar-refractivity contribution in [1.82, 2.24) is 0 Å². The molecule has 20 heavy (non-hydrogen) atoms. The summed E-state index contributed by atoms with van der Waals surface area (Å²) < 4.78 is 5.22. The van der Waals surface area contributed by atoms with Crippen molar-refractivity contribution in [2.45, 2.75) is 13.8 Å². The van der Waals surface area contributed by atoms with Crippen molar-refractivity contribution in [3.05, 3.63) is 53.1 Å². The number of methoxy groups -OCH3 is 1. The van der Waals surface area contributed by atoms with Crippen LogP contribution in [-0.4, -0.2) is 18.2 Å². The first kappa shape index (κ1) is 13.9. The molecule has 0 aliphatic carbocycles. The number of carboxylic acid groups (broad SMARTS) is 1. The van der Waals surface area contributed by atoms with Crippen LogP contribution in [0.3, 0.4) is 0 Å². The lowest BCUT2D eigenvalue weighted by Crippen LogP contribution is -1.99. The predicted octanol–water partition coefficient (Wildman–Crippen LogP) is 3.75. The number of aryl methyl sites for hydroxylation is 2. The molecule has 0 aromatic heterocycles. The second-order valence-corrected chi connectivity index (χ2v) is 4.64. The number of carbonyl (C=O) groups is 1. The van der Waals surface area contributed by atoms with Gasteiger partial charge in [-0.2, -0.15) is 0 Å². The lowest BCUT2D eigenvalue weighted by atomic mass is 10.1. The van der Waals surface area contributed by atoms with E-state index < -0.39 is 5.97 Å². The highest BCUT2D eigenvalue weighted by atomic mass is 16.5.